The number of aliphatic carboxylic acids is 1. The van der Waals surface area contributed by atoms with Crippen LogP contribution < -0.4 is 10.6 Å². The van der Waals surface area contributed by atoms with Gasteiger partial charge in [0.15, 0.2) is 11.5 Å². The van der Waals surface area contributed by atoms with Crippen molar-refractivity contribution < 1.29 is 19.1 Å². The first-order chi connectivity index (χ1) is 5.11. The van der Waals surface area contributed by atoms with Gasteiger partial charge in [-0.1, -0.05) is 0 Å². The van der Waals surface area contributed by atoms with E-state index in [9.17, 15) is 14.0 Å². The number of carbonyl (C=O) groups excluding carboxylic acids is 1. The molecule has 0 aromatic heterocycles. The predicted molar refractivity (Wildman–Crippen MR) is 32.3 cm³/mol. The zero-order valence-electron chi connectivity index (χ0n) is 5.35. The van der Waals surface area contributed by atoms with Gasteiger partial charge in [-0.15, -0.1) is 0 Å². The molecule has 0 spiro atoms. The molecule has 3 N–H and O–H groups in total. The normalized spacial score (nSPS) is 17.4. The minimum absolute atomic E-state index is 0.368. The Labute approximate surface area is 60.9 Å². The molecule has 0 aliphatic carbocycles. The third-order valence-electron chi connectivity index (χ3n) is 1.13. The quantitative estimate of drug-likeness (QED) is 0.486. The van der Waals surface area contributed by atoms with Crippen molar-refractivity contribution in [3.63, 3.8) is 0 Å². The van der Waals surface area contributed by atoms with Gasteiger partial charge in [0.1, 0.15) is 0 Å². The SMILES string of the molecule is O=C1NCC(F)=C(C(=O)O)N1. The number of nitrogens with one attached hydrogen (secondary N) is 2. The van der Waals surface area contributed by atoms with Crippen LogP contribution in [0.3, 0.4) is 0 Å². The molecule has 1 rings (SSSR count). The van der Waals surface area contributed by atoms with Crippen LogP contribution in [0.15, 0.2) is 11.5 Å². The number of carboxylic acid groups (broad SMARTS) is 1. The number of halogens is 1. The van der Waals surface area contributed by atoms with E-state index in [-0.39, 0.29) is 6.54 Å². The van der Waals surface area contributed by atoms with Crippen LogP contribution >= 0.6 is 0 Å². The summed E-state index contributed by atoms with van der Waals surface area (Å²) >= 11 is 0. The number of amides is 2. The van der Waals surface area contributed by atoms with Crippen molar-refractivity contribution in [2.45, 2.75) is 0 Å². The minimum Gasteiger partial charge on any atom is -0.476 e. The van der Waals surface area contributed by atoms with E-state index in [4.69, 9.17) is 5.11 Å². The first kappa shape index (κ1) is 7.52. The van der Waals surface area contributed by atoms with Crippen molar-refractivity contribution in [3.8, 4) is 0 Å². The molecular formula is C5H5FN2O3. The summed E-state index contributed by atoms with van der Waals surface area (Å²) in [5, 5.41) is 12.2. The molecule has 2 amide bonds. The molecule has 1 aliphatic rings. The zero-order chi connectivity index (χ0) is 8.43. The van der Waals surface area contributed by atoms with E-state index in [1.165, 1.54) is 0 Å². The maximum Gasteiger partial charge on any atom is 0.355 e. The summed E-state index contributed by atoms with van der Waals surface area (Å²) in [6.07, 6.45) is 0. The van der Waals surface area contributed by atoms with Gasteiger partial charge in [-0.2, -0.15) is 0 Å². The van der Waals surface area contributed by atoms with Crippen LogP contribution in [0.25, 0.3) is 0 Å². The molecule has 11 heavy (non-hydrogen) atoms. The lowest BCUT2D eigenvalue weighted by Gasteiger charge is -2.13. The smallest absolute Gasteiger partial charge is 0.355 e. The standard InChI is InChI=1S/C5H5FN2O3/c6-2-1-7-5(11)8-3(2)4(9)10/h1H2,(H,9,10)(H2,7,8,11). The van der Waals surface area contributed by atoms with Crippen LogP contribution in [0.1, 0.15) is 0 Å². The highest BCUT2D eigenvalue weighted by Gasteiger charge is 2.21. The van der Waals surface area contributed by atoms with Crippen molar-refractivity contribution >= 4 is 12.0 Å². The highest BCUT2D eigenvalue weighted by atomic mass is 19.1. The summed E-state index contributed by atoms with van der Waals surface area (Å²) in [7, 11) is 0. The fourth-order valence-corrected chi connectivity index (χ4v) is 0.641. The Balaban J connectivity index is 2.88. The monoisotopic (exact) mass is 160 g/mol. The van der Waals surface area contributed by atoms with Gasteiger partial charge in [-0.25, -0.2) is 14.0 Å². The lowest BCUT2D eigenvalue weighted by atomic mass is 10.3. The van der Waals surface area contributed by atoms with Gasteiger partial charge in [-0.3, -0.25) is 5.32 Å². The Morgan fingerprint density at radius 3 is 2.73 bits per heavy atom. The van der Waals surface area contributed by atoms with Gasteiger partial charge in [0.05, 0.1) is 6.54 Å². The van der Waals surface area contributed by atoms with Gasteiger partial charge in [0.25, 0.3) is 0 Å². The van der Waals surface area contributed by atoms with Crippen LogP contribution in [0.2, 0.25) is 0 Å². The molecule has 0 unspecified atom stereocenters. The van der Waals surface area contributed by atoms with Crippen LogP contribution in [-0.4, -0.2) is 23.7 Å². The average molecular weight is 160 g/mol. The van der Waals surface area contributed by atoms with E-state index >= 15 is 0 Å². The molecule has 60 valence electrons. The first-order valence-electron chi connectivity index (χ1n) is 2.78. The second-order valence-corrected chi connectivity index (χ2v) is 1.89. The number of carboxylic acids is 1. The van der Waals surface area contributed by atoms with Crippen LogP contribution in [-0.2, 0) is 4.79 Å². The molecule has 0 radical (unpaired) electrons. The third kappa shape index (κ3) is 1.46. The van der Waals surface area contributed by atoms with Crippen molar-refractivity contribution in [3.05, 3.63) is 11.5 Å². The molecule has 0 saturated carbocycles. The number of urea groups is 1. The molecule has 0 fully saturated rings. The molecule has 0 bridgehead atoms. The second-order valence-electron chi connectivity index (χ2n) is 1.89. The number of hydrogen-bond donors (Lipinski definition) is 3. The summed E-state index contributed by atoms with van der Waals surface area (Å²) in [5.74, 6) is -2.35. The molecule has 0 aromatic rings. The maximum atomic E-state index is 12.5. The molecule has 5 nitrogen and oxygen atoms in total. The number of rotatable bonds is 1. The van der Waals surface area contributed by atoms with Gasteiger partial charge in [0, 0.05) is 0 Å². The Morgan fingerprint density at radius 1 is 1.64 bits per heavy atom. The van der Waals surface area contributed by atoms with E-state index in [2.05, 4.69) is 5.32 Å². The lowest BCUT2D eigenvalue weighted by Crippen LogP contribution is -2.43. The van der Waals surface area contributed by atoms with E-state index in [1.807, 2.05) is 5.32 Å². The highest BCUT2D eigenvalue weighted by Crippen LogP contribution is 2.05. The van der Waals surface area contributed by atoms with E-state index in [0.29, 0.717) is 0 Å². The van der Waals surface area contributed by atoms with Gasteiger partial charge < -0.3 is 10.4 Å². The lowest BCUT2D eigenvalue weighted by molar-refractivity contribution is -0.133. The Morgan fingerprint density at radius 2 is 2.27 bits per heavy atom. The molecule has 0 saturated heterocycles. The van der Waals surface area contributed by atoms with E-state index < -0.39 is 23.5 Å². The highest BCUT2D eigenvalue weighted by molar-refractivity contribution is 5.93. The summed E-state index contributed by atoms with van der Waals surface area (Å²) in [6.45, 7) is -0.368. The summed E-state index contributed by atoms with van der Waals surface area (Å²) in [4.78, 5) is 20.6. The molecule has 1 aliphatic heterocycles. The fraction of sp³-hybridized carbons (Fsp3) is 0.200. The van der Waals surface area contributed by atoms with Gasteiger partial charge >= 0.3 is 12.0 Å². The zero-order valence-corrected chi connectivity index (χ0v) is 5.35. The number of hydrogen-bond acceptors (Lipinski definition) is 2. The average Bonchev–Trinajstić information content (AvgIpc) is 1.94. The van der Waals surface area contributed by atoms with E-state index in [1.54, 1.807) is 0 Å². The molecular weight excluding hydrogens is 155 g/mol. The fourth-order valence-electron chi connectivity index (χ4n) is 0.641. The van der Waals surface area contributed by atoms with Crippen molar-refractivity contribution in [1.82, 2.24) is 10.6 Å². The van der Waals surface area contributed by atoms with Gasteiger partial charge in [-0.05, 0) is 0 Å². The summed E-state index contributed by atoms with van der Waals surface area (Å²) < 4.78 is 12.5. The minimum atomic E-state index is -1.47. The van der Waals surface area contributed by atoms with Crippen molar-refractivity contribution in [1.29, 1.82) is 0 Å². The molecule has 6 heteroatoms. The maximum absolute atomic E-state index is 12.5. The Kier molecular flexibility index (Phi) is 1.75. The van der Waals surface area contributed by atoms with Crippen molar-refractivity contribution in [2.24, 2.45) is 0 Å². The second kappa shape index (κ2) is 2.57. The largest absolute Gasteiger partial charge is 0.476 e. The van der Waals surface area contributed by atoms with Crippen LogP contribution in [0.5, 0.6) is 0 Å². The first-order valence-corrected chi connectivity index (χ1v) is 2.78. The molecule has 0 aromatic carbocycles. The van der Waals surface area contributed by atoms with Gasteiger partial charge in [0.2, 0.25) is 0 Å². The third-order valence-corrected chi connectivity index (χ3v) is 1.13. The van der Waals surface area contributed by atoms with Crippen LogP contribution in [0, 0.1) is 0 Å². The topological polar surface area (TPSA) is 78.4 Å². The summed E-state index contributed by atoms with van der Waals surface area (Å²) in [6, 6.07) is -0.705. The molecule has 1 heterocycles. The Bertz CT molecular complexity index is 248. The predicted octanol–water partition coefficient (Wildman–Crippen LogP) is -0.435. The van der Waals surface area contributed by atoms with E-state index in [0.717, 1.165) is 0 Å². The number of carbonyl (C=O) groups is 2. The summed E-state index contributed by atoms with van der Waals surface area (Å²) in [5.41, 5.74) is -0.686. The Hall–Kier alpha value is -1.59. The molecule has 0 atom stereocenters. The van der Waals surface area contributed by atoms with Crippen LogP contribution in [0.4, 0.5) is 9.18 Å². The van der Waals surface area contributed by atoms with Crippen molar-refractivity contribution in [2.75, 3.05) is 6.54 Å².